The number of nitrogens with zero attached hydrogens (tertiary/aromatic N) is 2. The van der Waals surface area contributed by atoms with Crippen LogP contribution in [0.25, 0.3) is 10.9 Å². The van der Waals surface area contributed by atoms with Gasteiger partial charge in [-0.1, -0.05) is 18.2 Å². The van der Waals surface area contributed by atoms with Crippen LogP contribution in [-0.2, 0) is 4.79 Å². The number of H-pyrrole nitrogens is 1. The lowest BCUT2D eigenvalue weighted by molar-refractivity contribution is -0.123. The first-order chi connectivity index (χ1) is 10.2. The quantitative estimate of drug-likeness (QED) is 0.902. The number of nitrogens with two attached hydrogens (primary N) is 1. The van der Waals surface area contributed by atoms with Gasteiger partial charge in [0, 0.05) is 41.7 Å². The Morgan fingerprint density at radius 2 is 2.10 bits per heavy atom. The van der Waals surface area contributed by atoms with E-state index in [2.05, 4.69) is 16.0 Å². The smallest absolute Gasteiger partial charge is 0.220 e. The molecule has 2 heterocycles. The number of rotatable bonds is 3. The Kier molecular flexibility index (Phi) is 3.63. The summed E-state index contributed by atoms with van der Waals surface area (Å²) in [5.41, 5.74) is 7.41. The van der Waals surface area contributed by atoms with Gasteiger partial charge in [0.25, 0.3) is 0 Å². The van der Waals surface area contributed by atoms with Gasteiger partial charge in [-0.15, -0.1) is 0 Å². The third-order valence-electron chi connectivity index (χ3n) is 4.34. The van der Waals surface area contributed by atoms with E-state index in [1.165, 1.54) is 0 Å². The molecule has 1 aliphatic heterocycles. The first-order valence-electron chi connectivity index (χ1n) is 7.19. The van der Waals surface area contributed by atoms with Gasteiger partial charge in [0.15, 0.2) is 0 Å². The Morgan fingerprint density at radius 1 is 1.38 bits per heavy atom. The monoisotopic (exact) mass is 282 g/mol. The molecule has 0 radical (unpaired) electrons. The molecule has 0 aliphatic carbocycles. The summed E-state index contributed by atoms with van der Waals surface area (Å²) in [6.45, 7) is 1.46. The van der Waals surface area contributed by atoms with Crippen molar-refractivity contribution in [2.75, 3.05) is 13.1 Å². The number of hydrogen-bond acceptors (Lipinski definition) is 3. The molecule has 1 atom stereocenters. The van der Waals surface area contributed by atoms with Gasteiger partial charge >= 0.3 is 0 Å². The van der Waals surface area contributed by atoms with Crippen LogP contribution in [0.2, 0.25) is 0 Å². The SMILES string of the molecule is N#CC(c1c[nH]c2ccccc12)N1CCC(C(N)=O)CC1. The number of carbonyl (C=O) groups excluding carboxylic acids is 1. The molecular formula is C16H18N4O. The highest BCUT2D eigenvalue weighted by molar-refractivity contribution is 5.84. The molecule has 21 heavy (non-hydrogen) atoms. The Balaban J connectivity index is 1.83. The minimum absolute atomic E-state index is 0.0523. The Morgan fingerprint density at radius 3 is 2.76 bits per heavy atom. The van der Waals surface area contributed by atoms with Crippen LogP contribution >= 0.6 is 0 Å². The molecule has 1 amide bonds. The second-order valence-corrected chi connectivity index (χ2v) is 5.53. The fourth-order valence-corrected chi connectivity index (χ4v) is 3.11. The lowest BCUT2D eigenvalue weighted by Gasteiger charge is -2.33. The van der Waals surface area contributed by atoms with Gasteiger partial charge in [-0.3, -0.25) is 9.69 Å². The number of hydrogen-bond donors (Lipinski definition) is 2. The Hall–Kier alpha value is -2.32. The number of fused-ring (bicyclic) bond motifs is 1. The second-order valence-electron chi connectivity index (χ2n) is 5.53. The zero-order valence-electron chi connectivity index (χ0n) is 11.7. The van der Waals surface area contributed by atoms with Gasteiger partial charge in [0.1, 0.15) is 6.04 Å². The van der Waals surface area contributed by atoms with Crippen LogP contribution < -0.4 is 5.73 Å². The van der Waals surface area contributed by atoms with Crippen LogP contribution in [0, 0.1) is 17.2 Å². The van der Waals surface area contributed by atoms with E-state index in [9.17, 15) is 10.1 Å². The Bertz CT molecular complexity index is 692. The van der Waals surface area contributed by atoms with Crippen LogP contribution in [0.1, 0.15) is 24.4 Å². The molecule has 1 aromatic heterocycles. The van der Waals surface area contributed by atoms with Crippen molar-refractivity contribution in [1.29, 1.82) is 5.26 Å². The predicted octanol–water partition coefficient (Wildman–Crippen LogP) is 1.93. The van der Waals surface area contributed by atoms with Gasteiger partial charge in [0.2, 0.25) is 5.91 Å². The van der Waals surface area contributed by atoms with Gasteiger partial charge in [-0.2, -0.15) is 5.26 Å². The van der Waals surface area contributed by atoms with Crippen molar-refractivity contribution in [3.05, 3.63) is 36.0 Å². The number of carbonyl (C=O) groups is 1. The van der Waals surface area contributed by atoms with Crippen LogP contribution in [-0.4, -0.2) is 28.9 Å². The lowest BCUT2D eigenvalue weighted by Crippen LogP contribution is -2.40. The summed E-state index contributed by atoms with van der Waals surface area (Å²) in [6, 6.07) is 10.1. The molecule has 1 fully saturated rings. The molecule has 0 saturated carbocycles. The summed E-state index contributed by atoms with van der Waals surface area (Å²) in [6.07, 6.45) is 3.38. The topological polar surface area (TPSA) is 85.9 Å². The number of likely N-dealkylation sites (tertiary alicyclic amines) is 1. The van der Waals surface area contributed by atoms with Crippen molar-refractivity contribution in [3.8, 4) is 6.07 Å². The number of nitriles is 1. The predicted molar refractivity (Wildman–Crippen MR) is 80.1 cm³/mol. The minimum atomic E-state index is -0.282. The molecule has 3 N–H and O–H groups in total. The average molecular weight is 282 g/mol. The molecule has 0 spiro atoms. The average Bonchev–Trinajstić information content (AvgIpc) is 2.93. The molecule has 1 saturated heterocycles. The number of aromatic nitrogens is 1. The summed E-state index contributed by atoms with van der Waals surface area (Å²) in [7, 11) is 0. The molecule has 5 nitrogen and oxygen atoms in total. The largest absolute Gasteiger partial charge is 0.369 e. The zero-order valence-corrected chi connectivity index (χ0v) is 11.7. The second kappa shape index (κ2) is 5.58. The number of para-hydroxylation sites is 1. The molecular weight excluding hydrogens is 264 g/mol. The van der Waals surface area contributed by atoms with Gasteiger partial charge < -0.3 is 10.7 Å². The fourth-order valence-electron chi connectivity index (χ4n) is 3.11. The highest BCUT2D eigenvalue weighted by Crippen LogP contribution is 2.30. The van der Waals surface area contributed by atoms with Crippen LogP contribution in [0.3, 0.4) is 0 Å². The summed E-state index contributed by atoms with van der Waals surface area (Å²) < 4.78 is 0. The van der Waals surface area contributed by atoms with Crippen molar-refractivity contribution in [2.45, 2.75) is 18.9 Å². The molecule has 1 aromatic carbocycles. The maximum Gasteiger partial charge on any atom is 0.220 e. The van der Waals surface area contributed by atoms with Crippen molar-refractivity contribution in [1.82, 2.24) is 9.88 Å². The fraction of sp³-hybridized carbons (Fsp3) is 0.375. The van der Waals surface area contributed by atoms with E-state index >= 15 is 0 Å². The third kappa shape index (κ3) is 2.50. The summed E-state index contributed by atoms with van der Waals surface area (Å²) >= 11 is 0. The molecule has 3 rings (SSSR count). The maximum atomic E-state index is 11.2. The van der Waals surface area contributed by atoms with Crippen molar-refractivity contribution in [2.24, 2.45) is 11.7 Å². The maximum absolute atomic E-state index is 11.2. The number of aromatic amines is 1. The third-order valence-corrected chi connectivity index (χ3v) is 4.34. The van der Waals surface area contributed by atoms with E-state index in [1.54, 1.807) is 0 Å². The lowest BCUT2D eigenvalue weighted by atomic mass is 9.94. The van der Waals surface area contributed by atoms with Gasteiger partial charge in [-0.25, -0.2) is 0 Å². The molecule has 5 heteroatoms. The molecule has 2 aromatic rings. The number of amides is 1. The molecule has 108 valence electrons. The van der Waals surface area contributed by atoms with Crippen LogP contribution in [0.5, 0.6) is 0 Å². The standard InChI is InChI=1S/C16H18N4O/c17-9-15(20-7-5-11(6-8-20)16(18)21)13-10-19-14-4-2-1-3-12(13)14/h1-4,10-11,15,19H,5-8H2,(H2,18,21). The molecule has 0 bridgehead atoms. The first-order valence-corrected chi connectivity index (χ1v) is 7.19. The van der Waals surface area contributed by atoms with E-state index in [-0.39, 0.29) is 17.9 Å². The van der Waals surface area contributed by atoms with Gasteiger partial charge in [0.05, 0.1) is 6.07 Å². The van der Waals surface area contributed by atoms with Crippen LogP contribution in [0.4, 0.5) is 0 Å². The first kappa shape index (κ1) is 13.7. The van der Waals surface area contributed by atoms with E-state index < -0.39 is 0 Å². The highest BCUT2D eigenvalue weighted by Gasteiger charge is 2.29. The normalized spacial score (nSPS) is 18.4. The Labute approximate surface area is 123 Å². The number of primary amides is 1. The highest BCUT2D eigenvalue weighted by atomic mass is 16.1. The molecule has 1 unspecified atom stereocenters. The van der Waals surface area contributed by atoms with Crippen molar-refractivity contribution in [3.63, 3.8) is 0 Å². The number of benzene rings is 1. The zero-order chi connectivity index (χ0) is 14.8. The summed E-state index contributed by atoms with van der Waals surface area (Å²) in [4.78, 5) is 16.6. The molecule has 1 aliphatic rings. The number of nitrogens with one attached hydrogen (secondary N) is 1. The number of piperidine rings is 1. The van der Waals surface area contributed by atoms with Gasteiger partial charge in [-0.05, 0) is 18.9 Å². The minimum Gasteiger partial charge on any atom is -0.369 e. The summed E-state index contributed by atoms with van der Waals surface area (Å²) in [5.74, 6) is -0.279. The van der Waals surface area contributed by atoms with Crippen LogP contribution in [0.15, 0.2) is 30.5 Å². The summed E-state index contributed by atoms with van der Waals surface area (Å²) in [5, 5.41) is 10.7. The van der Waals surface area contributed by atoms with E-state index in [0.29, 0.717) is 0 Å². The van der Waals surface area contributed by atoms with Crippen molar-refractivity contribution < 1.29 is 4.79 Å². The van der Waals surface area contributed by atoms with E-state index in [4.69, 9.17) is 5.73 Å². The van der Waals surface area contributed by atoms with Crippen molar-refractivity contribution >= 4 is 16.8 Å². The van der Waals surface area contributed by atoms with E-state index in [1.807, 2.05) is 30.5 Å². The van der Waals surface area contributed by atoms with E-state index in [0.717, 1.165) is 42.4 Å².